The number of carbonyl (C=O) groups is 2. The predicted molar refractivity (Wildman–Crippen MR) is 146 cm³/mol. The van der Waals surface area contributed by atoms with Crippen molar-refractivity contribution in [2.45, 2.75) is 50.2 Å². The quantitative estimate of drug-likeness (QED) is 0.338. The standard InChI is InChI=1S/C28H28Cl2F2N4O5/c1-15-18(4-3-5-21(15)40-2)25-19-13-17(29)6-7-20(19)36-26(33-34-27(36)28(30,31)32)22(41-25)14-23(37)35-10-8-16(9-11-35)12-24(38)39/h3-7,13,16,22,25H,8-12,14H2,1-2H3,(H,38,39)/t22-,25-/m1/s1. The Hall–Kier alpha value is -3.28. The molecule has 2 aromatic carbocycles. The molecule has 0 aliphatic carbocycles. The molecule has 0 saturated carbocycles. The molecule has 9 nitrogen and oxygen atoms in total. The third-order valence-corrected chi connectivity index (χ3v) is 8.07. The number of amides is 1. The number of aliphatic carboxylic acids is 1. The maximum absolute atomic E-state index is 14.6. The molecule has 3 aromatic rings. The first-order chi connectivity index (χ1) is 19.5. The molecule has 2 atom stereocenters. The summed E-state index contributed by atoms with van der Waals surface area (Å²) in [5.74, 6) is -1.36. The zero-order valence-electron chi connectivity index (χ0n) is 22.3. The van der Waals surface area contributed by atoms with E-state index in [9.17, 15) is 18.4 Å². The Kier molecular flexibility index (Phi) is 8.22. The van der Waals surface area contributed by atoms with Crippen molar-refractivity contribution in [2.75, 3.05) is 20.2 Å². The van der Waals surface area contributed by atoms with E-state index in [1.807, 2.05) is 13.0 Å². The number of ether oxygens (including phenoxy) is 2. The molecular weight excluding hydrogens is 581 g/mol. The first kappa shape index (κ1) is 29.2. The van der Waals surface area contributed by atoms with Crippen molar-refractivity contribution < 1.29 is 33.0 Å². The number of carbonyl (C=O) groups excluding carboxylic acids is 1. The van der Waals surface area contributed by atoms with E-state index in [0.717, 1.165) is 10.1 Å². The Morgan fingerprint density at radius 3 is 2.54 bits per heavy atom. The van der Waals surface area contributed by atoms with Crippen molar-refractivity contribution in [3.63, 3.8) is 0 Å². The van der Waals surface area contributed by atoms with E-state index in [2.05, 4.69) is 10.2 Å². The van der Waals surface area contributed by atoms with Crippen molar-refractivity contribution in [3.8, 4) is 11.4 Å². The predicted octanol–water partition coefficient (Wildman–Crippen LogP) is 5.79. The van der Waals surface area contributed by atoms with Gasteiger partial charge in [-0.15, -0.1) is 10.2 Å². The number of aromatic nitrogens is 3. The molecule has 0 bridgehead atoms. The van der Waals surface area contributed by atoms with Crippen LogP contribution in [0.5, 0.6) is 5.75 Å². The van der Waals surface area contributed by atoms with Gasteiger partial charge in [-0.25, -0.2) is 0 Å². The Morgan fingerprint density at radius 1 is 1.15 bits per heavy atom. The maximum atomic E-state index is 14.6. The summed E-state index contributed by atoms with van der Waals surface area (Å²) in [5.41, 5.74) is 2.21. The van der Waals surface area contributed by atoms with Crippen LogP contribution in [0.3, 0.4) is 0 Å². The number of nitrogens with zero attached hydrogens (tertiary/aromatic N) is 4. The first-order valence-corrected chi connectivity index (χ1v) is 13.8. The van der Waals surface area contributed by atoms with Gasteiger partial charge < -0.3 is 19.5 Å². The highest BCUT2D eigenvalue weighted by atomic mass is 35.5. The van der Waals surface area contributed by atoms with E-state index in [-0.39, 0.29) is 30.5 Å². The summed E-state index contributed by atoms with van der Waals surface area (Å²) < 4.78 is 42.5. The van der Waals surface area contributed by atoms with Crippen LogP contribution in [0.2, 0.25) is 5.02 Å². The fraction of sp³-hybridized carbons (Fsp3) is 0.429. The van der Waals surface area contributed by atoms with Crippen LogP contribution in [0.1, 0.15) is 66.2 Å². The van der Waals surface area contributed by atoms with E-state index < -0.39 is 29.4 Å². The fourth-order valence-electron chi connectivity index (χ4n) is 5.60. The number of hydrogen-bond acceptors (Lipinski definition) is 6. The third kappa shape index (κ3) is 5.89. The second-order valence-electron chi connectivity index (χ2n) is 10.2. The molecule has 0 unspecified atom stereocenters. The van der Waals surface area contributed by atoms with Gasteiger partial charge in [0, 0.05) is 30.1 Å². The molecule has 1 amide bonds. The molecule has 5 rings (SSSR count). The van der Waals surface area contributed by atoms with Crippen LogP contribution < -0.4 is 4.74 Å². The molecule has 1 N–H and O–H groups in total. The average molecular weight is 609 g/mol. The van der Waals surface area contributed by atoms with Crippen LogP contribution in [0.4, 0.5) is 8.78 Å². The molecule has 0 spiro atoms. The number of halogens is 4. The number of rotatable bonds is 7. The van der Waals surface area contributed by atoms with Gasteiger partial charge in [-0.2, -0.15) is 8.78 Å². The molecule has 3 heterocycles. The second-order valence-corrected chi connectivity index (χ2v) is 11.1. The lowest BCUT2D eigenvalue weighted by Crippen LogP contribution is -2.39. The Morgan fingerprint density at radius 2 is 1.88 bits per heavy atom. The molecule has 218 valence electrons. The minimum atomic E-state index is -3.87. The van der Waals surface area contributed by atoms with Crippen LogP contribution in [0.25, 0.3) is 5.69 Å². The van der Waals surface area contributed by atoms with E-state index in [4.69, 9.17) is 37.8 Å². The average Bonchev–Trinajstić information content (AvgIpc) is 3.32. The van der Waals surface area contributed by atoms with Crippen LogP contribution in [-0.4, -0.2) is 56.8 Å². The third-order valence-electron chi connectivity index (χ3n) is 7.66. The van der Waals surface area contributed by atoms with Gasteiger partial charge in [0.2, 0.25) is 11.7 Å². The largest absolute Gasteiger partial charge is 0.496 e. The molecule has 0 radical (unpaired) electrons. The number of fused-ring (bicyclic) bond motifs is 3. The van der Waals surface area contributed by atoms with Crippen molar-refractivity contribution in [3.05, 3.63) is 69.8 Å². The smallest absolute Gasteiger partial charge is 0.382 e. The number of methoxy groups -OCH3 is 1. The van der Waals surface area contributed by atoms with Gasteiger partial charge >= 0.3 is 11.4 Å². The molecule has 1 saturated heterocycles. The van der Waals surface area contributed by atoms with E-state index in [0.29, 0.717) is 53.5 Å². The van der Waals surface area contributed by atoms with Gasteiger partial charge in [0.25, 0.3) is 0 Å². The van der Waals surface area contributed by atoms with Gasteiger partial charge in [-0.1, -0.05) is 23.7 Å². The van der Waals surface area contributed by atoms with E-state index in [1.54, 1.807) is 42.3 Å². The Labute approximate surface area is 245 Å². The number of carboxylic acids is 1. The number of alkyl halides is 3. The van der Waals surface area contributed by atoms with Crippen molar-refractivity contribution in [1.29, 1.82) is 0 Å². The van der Waals surface area contributed by atoms with Crippen LogP contribution in [-0.2, 0) is 19.7 Å². The molecule has 1 fully saturated rings. The van der Waals surface area contributed by atoms with E-state index >= 15 is 0 Å². The van der Waals surface area contributed by atoms with Crippen LogP contribution >= 0.6 is 23.2 Å². The van der Waals surface area contributed by atoms with Crippen molar-refractivity contribution in [2.24, 2.45) is 5.92 Å². The zero-order chi connectivity index (χ0) is 29.5. The minimum absolute atomic E-state index is 0.000981. The summed E-state index contributed by atoms with van der Waals surface area (Å²) >= 11 is 11.9. The summed E-state index contributed by atoms with van der Waals surface area (Å²) in [6.45, 7) is 2.62. The monoisotopic (exact) mass is 608 g/mol. The topological polar surface area (TPSA) is 107 Å². The molecule has 13 heteroatoms. The van der Waals surface area contributed by atoms with Gasteiger partial charge in [-0.05, 0) is 72.7 Å². The lowest BCUT2D eigenvalue weighted by atomic mass is 9.93. The maximum Gasteiger partial charge on any atom is 0.382 e. The molecular formula is C28H28Cl2F2N4O5. The Balaban J connectivity index is 1.57. The van der Waals surface area contributed by atoms with Gasteiger partial charge in [-0.3, -0.25) is 14.2 Å². The summed E-state index contributed by atoms with van der Waals surface area (Å²) in [4.78, 5) is 26.3. The number of piperidine rings is 1. The van der Waals surface area contributed by atoms with Gasteiger partial charge in [0.05, 0.1) is 19.2 Å². The molecule has 41 heavy (non-hydrogen) atoms. The highest BCUT2D eigenvalue weighted by Gasteiger charge is 2.42. The highest BCUT2D eigenvalue weighted by Crippen LogP contribution is 2.45. The molecule has 2 aliphatic heterocycles. The van der Waals surface area contributed by atoms with Crippen LogP contribution in [0.15, 0.2) is 36.4 Å². The van der Waals surface area contributed by atoms with Crippen molar-refractivity contribution in [1.82, 2.24) is 19.7 Å². The summed E-state index contributed by atoms with van der Waals surface area (Å²) in [6, 6.07) is 10.2. The van der Waals surface area contributed by atoms with Gasteiger partial charge in [0.1, 0.15) is 18.0 Å². The normalized spacial score (nSPS) is 19.3. The molecule has 2 aliphatic rings. The fourth-order valence-corrected chi connectivity index (χ4v) is 5.90. The number of carboxylic acid groups (broad SMARTS) is 1. The van der Waals surface area contributed by atoms with Crippen LogP contribution in [0, 0.1) is 12.8 Å². The minimum Gasteiger partial charge on any atom is -0.496 e. The number of hydrogen-bond donors (Lipinski definition) is 1. The van der Waals surface area contributed by atoms with Gasteiger partial charge in [0.15, 0.2) is 5.82 Å². The summed E-state index contributed by atoms with van der Waals surface area (Å²) in [7, 11) is 1.54. The summed E-state index contributed by atoms with van der Waals surface area (Å²) in [5, 5.41) is 13.3. The summed E-state index contributed by atoms with van der Waals surface area (Å²) in [6.07, 6.45) is -0.973. The van der Waals surface area contributed by atoms with E-state index in [1.165, 1.54) is 0 Å². The molecule has 1 aromatic heterocycles. The Bertz CT molecular complexity index is 1470. The number of benzene rings is 2. The van der Waals surface area contributed by atoms with Crippen molar-refractivity contribution >= 4 is 35.1 Å². The first-order valence-electron chi connectivity index (χ1n) is 13.1. The SMILES string of the molecule is COc1cccc([C@H]2O[C@H](CC(=O)N3CCC(CC(=O)O)CC3)c3nnc(C(F)(F)Cl)n3-c3ccc(Cl)cc32)c1C. The highest BCUT2D eigenvalue weighted by molar-refractivity contribution is 6.30. The zero-order valence-corrected chi connectivity index (χ0v) is 23.8. The lowest BCUT2D eigenvalue weighted by Gasteiger charge is -2.32. The number of likely N-dealkylation sites (tertiary alicyclic amines) is 1. The lowest BCUT2D eigenvalue weighted by molar-refractivity contribution is -0.139. The second kappa shape index (κ2) is 11.5.